The second kappa shape index (κ2) is 12.1. The van der Waals surface area contributed by atoms with Gasteiger partial charge in [0.05, 0.1) is 0 Å². The van der Waals surface area contributed by atoms with E-state index in [9.17, 15) is 17.3 Å². The third-order valence-electron chi connectivity index (χ3n) is 4.56. The van der Waals surface area contributed by atoms with Crippen molar-refractivity contribution in [3.8, 4) is 0 Å². The van der Waals surface area contributed by atoms with Gasteiger partial charge in [0, 0.05) is 20.1 Å². The van der Waals surface area contributed by atoms with Crippen molar-refractivity contribution < 1.29 is 37.4 Å². The summed E-state index contributed by atoms with van der Waals surface area (Å²) in [5, 5.41) is 0. The molecule has 0 atom stereocenters. The summed E-state index contributed by atoms with van der Waals surface area (Å²) in [4.78, 5) is 0. The van der Waals surface area contributed by atoms with Crippen LogP contribution >= 0.6 is 0 Å². The monoisotopic (exact) mass is 550 g/mol. The topological polar surface area (TPSA) is 0 Å². The summed E-state index contributed by atoms with van der Waals surface area (Å²) >= 11 is 0. The first kappa shape index (κ1) is 28.6. The molecule has 0 saturated heterocycles. The van der Waals surface area contributed by atoms with E-state index in [2.05, 4.69) is 81.1 Å². The van der Waals surface area contributed by atoms with Crippen molar-refractivity contribution in [2.24, 2.45) is 5.41 Å². The van der Waals surface area contributed by atoms with Gasteiger partial charge in [-0.3, -0.25) is 0 Å². The van der Waals surface area contributed by atoms with E-state index in [0.29, 0.717) is 5.41 Å². The number of hydrogen-bond acceptors (Lipinski definition) is 0. The zero-order chi connectivity index (χ0) is 20.0. The van der Waals surface area contributed by atoms with Gasteiger partial charge in [-0.2, -0.15) is 0 Å². The summed E-state index contributed by atoms with van der Waals surface area (Å²) in [7, 11) is -6.00. The molecule has 0 nitrogen and oxygen atoms in total. The van der Waals surface area contributed by atoms with Gasteiger partial charge in [-0.1, -0.05) is 55.4 Å². The van der Waals surface area contributed by atoms with Gasteiger partial charge >= 0.3 is 7.25 Å². The van der Waals surface area contributed by atoms with Crippen molar-refractivity contribution in [3.05, 3.63) is 61.2 Å². The predicted octanol–water partition coefficient (Wildman–Crippen LogP) is 7.10. The van der Waals surface area contributed by atoms with Crippen LogP contribution in [0.4, 0.5) is 17.3 Å². The van der Waals surface area contributed by atoms with Crippen LogP contribution in [0.2, 0.25) is 0 Å². The van der Waals surface area contributed by atoms with E-state index in [4.69, 9.17) is 0 Å². The van der Waals surface area contributed by atoms with E-state index in [-0.39, 0.29) is 20.1 Å². The fourth-order valence-corrected chi connectivity index (χ4v) is 2.48. The van der Waals surface area contributed by atoms with Crippen molar-refractivity contribution in [2.45, 2.75) is 61.8 Å². The minimum Gasteiger partial charge on any atom is -0.418 e. The fourth-order valence-electron chi connectivity index (χ4n) is 2.48. The van der Waals surface area contributed by atoms with Crippen LogP contribution in [0.15, 0.2) is 0 Å². The molecule has 0 N–H and O–H groups in total. The van der Waals surface area contributed by atoms with Gasteiger partial charge in [0.2, 0.25) is 0 Å². The molecule has 2 saturated carbocycles. The molecule has 6 heteroatoms. The maximum atomic E-state index is 9.75. The second-order valence-electron chi connectivity index (χ2n) is 7.36. The number of hydrogen-bond donors (Lipinski definition) is 0. The van der Waals surface area contributed by atoms with Crippen LogP contribution < -0.4 is 0 Å². The maximum Gasteiger partial charge on any atom is 0.673 e. The molecule has 26 heavy (non-hydrogen) atoms. The minimum absolute atomic E-state index is 0. The number of halogens is 4. The van der Waals surface area contributed by atoms with Gasteiger partial charge in [-0.05, 0) is 73.0 Å². The smallest absolute Gasteiger partial charge is 0.418 e. The van der Waals surface area contributed by atoms with Crippen molar-refractivity contribution >= 4 is 7.25 Å². The Kier molecular flexibility index (Phi) is 13.3. The van der Waals surface area contributed by atoms with Crippen molar-refractivity contribution in [1.82, 2.24) is 0 Å². The molecule has 0 heterocycles. The summed E-state index contributed by atoms with van der Waals surface area (Å²) in [6, 6.07) is 0. The zero-order valence-electron chi connectivity index (χ0n) is 16.9. The van der Waals surface area contributed by atoms with E-state index in [1.54, 1.807) is 0 Å². The molecule has 2 rings (SSSR count). The largest absolute Gasteiger partial charge is 0.673 e. The first-order valence-corrected chi connectivity index (χ1v) is 8.43. The van der Waals surface area contributed by atoms with Gasteiger partial charge < -0.3 is 17.3 Å². The SMILES string of the molecule is CC(C)(C)[C]1[CH][CH][CH]C[CH]1.C[C]1[C](C)[C](C)[C](C)[C]1C.F[B-](F)(F)F.[Ir]. The van der Waals surface area contributed by atoms with Crippen LogP contribution in [0, 0.1) is 66.6 Å². The average Bonchev–Trinajstić information content (AvgIpc) is 2.64. The molecule has 0 amide bonds. The predicted molar refractivity (Wildman–Crippen MR) is 99.3 cm³/mol. The van der Waals surface area contributed by atoms with Crippen LogP contribution in [0.1, 0.15) is 61.8 Å². The standard InChI is InChI=1S/2C10H15.BF4.Ir/c1-6-7(2)9(4)10(5)8(6)3;1-10(2,3)9-7-5-4-6-8-9;2-1(3,4)5;/h1-5H3;4-5,7-8H,6H2,1-3H3;;/q;;-1;. The molecule has 2 aliphatic carbocycles. The van der Waals surface area contributed by atoms with Crippen molar-refractivity contribution in [2.75, 3.05) is 0 Å². The molecular weight excluding hydrogens is 519 g/mol. The molecule has 0 aromatic carbocycles. The Morgan fingerprint density at radius 2 is 1.08 bits per heavy atom. The molecule has 0 aromatic rings. The van der Waals surface area contributed by atoms with Crippen molar-refractivity contribution in [3.63, 3.8) is 0 Å². The summed E-state index contributed by atoms with van der Waals surface area (Å²) in [5.74, 6) is 8.79. The molecule has 0 unspecified atom stereocenters. The Bertz CT molecular complexity index is 311. The van der Waals surface area contributed by atoms with Crippen LogP contribution in [0.5, 0.6) is 0 Å². The minimum atomic E-state index is -6.00. The van der Waals surface area contributed by atoms with E-state index in [1.807, 2.05) is 0 Å². The third kappa shape index (κ3) is 11.3. The Hall–Kier alpha value is 0.434. The molecule has 0 spiro atoms. The van der Waals surface area contributed by atoms with Gasteiger partial charge in [0.1, 0.15) is 0 Å². The first-order valence-electron chi connectivity index (χ1n) is 8.43. The quantitative estimate of drug-likeness (QED) is 0.224. The normalized spacial score (nSPS) is 22.2. The first-order chi connectivity index (χ1) is 11.2. The zero-order valence-corrected chi connectivity index (χ0v) is 19.3. The van der Waals surface area contributed by atoms with E-state index < -0.39 is 7.25 Å². The van der Waals surface area contributed by atoms with E-state index in [1.165, 1.54) is 35.5 Å². The van der Waals surface area contributed by atoms with E-state index >= 15 is 0 Å². The maximum absolute atomic E-state index is 9.75. The van der Waals surface area contributed by atoms with Crippen molar-refractivity contribution in [1.29, 1.82) is 0 Å². The van der Waals surface area contributed by atoms with E-state index in [0.717, 1.165) is 6.42 Å². The summed E-state index contributed by atoms with van der Waals surface area (Å²) < 4.78 is 39.0. The second-order valence-corrected chi connectivity index (χ2v) is 7.36. The van der Waals surface area contributed by atoms with Gasteiger partial charge in [0.15, 0.2) is 0 Å². The third-order valence-corrected chi connectivity index (χ3v) is 4.56. The van der Waals surface area contributed by atoms with Crippen LogP contribution in [-0.2, 0) is 20.1 Å². The Labute approximate surface area is 173 Å². The van der Waals surface area contributed by atoms with Crippen LogP contribution in [0.25, 0.3) is 0 Å². The Morgan fingerprint density at radius 1 is 0.769 bits per heavy atom. The average molecular weight is 549 g/mol. The molecule has 0 aromatic heterocycles. The van der Waals surface area contributed by atoms with Gasteiger partial charge in [0.25, 0.3) is 0 Å². The molecular formula is C20H30BF4Ir-. The summed E-state index contributed by atoms with van der Waals surface area (Å²) in [6.45, 7) is 17.7. The Balaban J connectivity index is 0. The fraction of sp³-hybridized carbons (Fsp3) is 0.500. The van der Waals surface area contributed by atoms with Gasteiger partial charge in [-0.15, -0.1) is 0 Å². The molecule has 0 aliphatic heterocycles. The molecule has 2 aliphatic rings. The number of rotatable bonds is 0. The summed E-state index contributed by atoms with van der Waals surface area (Å²) in [5.41, 5.74) is 0.324. The van der Waals surface area contributed by atoms with Crippen LogP contribution in [-0.4, -0.2) is 7.25 Å². The molecule has 2 fully saturated rings. The molecule has 151 valence electrons. The summed E-state index contributed by atoms with van der Waals surface area (Å²) in [6.07, 6.45) is 9.91. The Morgan fingerprint density at radius 3 is 1.23 bits per heavy atom. The van der Waals surface area contributed by atoms with Gasteiger partial charge in [-0.25, -0.2) is 0 Å². The molecule has 0 bridgehead atoms. The van der Waals surface area contributed by atoms with Crippen LogP contribution in [0.3, 0.4) is 0 Å². The molecule has 11 radical (unpaired) electrons.